The summed E-state index contributed by atoms with van der Waals surface area (Å²) < 4.78 is 5.12. The van der Waals surface area contributed by atoms with Crippen molar-refractivity contribution in [1.82, 2.24) is 4.98 Å². The van der Waals surface area contributed by atoms with Crippen LogP contribution < -0.4 is 10.2 Å². The number of ether oxygens (including phenoxy) is 1. The fourth-order valence-corrected chi connectivity index (χ4v) is 1.56. The summed E-state index contributed by atoms with van der Waals surface area (Å²) in [6.45, 7) is 0. The second-order valence-corrected chi connectivity index (χ2v) is 3.24. The molecule has 0 saturated carbocycles. The average Bonchev–Trinajstić information content (AvgIpc) is 2.23. The minimum absolute atomic E-state index is 0.0844. The second-order valence-electron chi connectivity index (χ2n) is 2.78. The number of benzene rings is 1. The van der Waals surface area contributed by atoms with E-state index in [0.29, 0.717) is 16.7 Å². The fraction of sp³-hybridized carbons (Fsp3) is 0.100. The van der Waals surface area contributed by atoms with Gasteiger partial charge in [0.15, 0.2) is 5.75 Å². The first-order valence-corrected chi connectivity index (χ1v) is 5.24. The first-order chi connectivity index (χ1) is 6.83. The largest absolute Gasteiger partial charge is 0.477 e. The fourth-order valence-electron chi connectivity index (χ4n) is 1.31. The smallest absolute Gasteiger partial charge is 0.231 e. The Labute approximate surface area is 88.8 Å². The first kappa shape index (κ1) is 9.27. The Kier molecular flexibility index (Phi) is 2.54. The van der Waals surface area contributed by atoms with Crippen molar-refractivity contribution < 1.29 is 4.74 Å². The molecule has 0 aliphatic rings. The van der Waals surface area contributed by atoms with E-state index >= 15 is 0 Å². The van der Waals surface area contributed by atoms with Gasteiger partial charge in [-0.05, 0) is 28.1 Å². The standard InChI is InChI=1S/C10H8BrNO2/c11-6-14-9-5-12-8-4-2-1-3-7(8)10(9)13/h1-5H,6H2,(H,12,13). The molecule has 2 aromatic rings. The second kappa shape index (κ2) is 3.84. The average molecular weight is 254 g/mol. The quantitative estimate of drug-likeness (QED) is 0.835. The zero-order valence-electron chi connectivity index (χ0n) is 7.29. The molecule has 0 atom stereocenters. The lowest BCUT2D eigenvalue weighted by molar-refractivity contribution is 0.393. The van der Waals surface area contributed by atoms with Crippen molar-refractivity contribution in [3.05, 3.63) is 40.7 Å². The van der Waals surface area contributed by atoms with Crippen molar-refractivity contribution in [3.8, 4) is 5.75 Å². The minimum Gasteiger partial charge on any atom is -0.477 e. The number of H-pyrrole nitrogens is 1. The number of halogens is 1. The van der Waals surface area contributed by atoms with Crippen LogP contribution in [0.1, 0.15) is 0 Å². The van der Waals surface area contributed by atoms with Crippen molar-refractivity contribution in [2.45, 2.75) is 0 Å². The van der Waals surface area contributed by atoms with Gasteiger partial charge in [-0.2, -0.15) is 0 Å². The highest BCUT2D eigenvalue weighted by molar-refractivity contribution is 9.09. The van der Waals surface area contributed by atoms with Gasteiger partial charge in [-0.25, -0.2) is 0 Å². The van der Waals surface area contributed by atoms with E-state index in [1.165, 1.54) is 0 Å². The van der Waals surface area contributed by atoms with Gasteiger partial charge in [-0.3, -0.25) is 4.79 Å². The van der Waals surface area contributed by atoms with E-state index in [-0.39, 0.29) is 5.43 Å². The number of aromatic amines is 1. The Morgan fingerprint density at radius 2 is 2.14 bits per heavy atom. The lowest BCUT2D eigenvalue weighted by Crippen LogP contribution is -2.07. The molecule has 2 rings (SSSR count). The van der Waals surface area contributed by atoms with Crippen molar-refractivity contribution in [2.75, 3.05) is 5.52 Å². The molecule has 72 valence electrons. The molecular formula is C10H8BrNO2. The lowest BCUT2D eigenvalue weighted by atomic mass is 10.2. The van der Waals surface area contributed by atoms with E-state index in [1.54, 1.807) is 12.3 Å². The van der Waals surface area contributed by atoms with E-state index in [4.69, 9.17) is 4.74 Å². The van der Waals surface area contributed by atoms with Crippen molar-refractivity contribution in [2.24, 2.45) is 0 Å². The van der Waals surface area contributed by atoms with Crippen LogP contribution in [0.2, 0.25) is 0 Å². The predicted octanol–water partition coefficient (Wildman–Crippen LogP) is 2.26. The SMILES string of the molecule is O=c1c(OCBr)c[nH]c2ccccc12. The number of rotatable bonds is 2. The van der Waals surface area contributed by atoms with Gasteiger partial charge in [0.2, 0.25) is 5.43 Å². The van der Waals surface area contributed by atoms with Crippen LogP contribution in [-0.2, 0) is 0 Å². The molecule has 4 heteroatoms. The van der Waals surface area contributed by atoms with Gasteiger partial charge in [0.25, 0.3) is 0 Å². The molecular weight excluding hydrogens is 246 g/mol. The molecule has 0 bridgehead atoms. The van der Waals surface area contributed by atoms with Gasteiger partial charge in [0.05, 0.1) is 0 Å². The topological polar surface area (TPSA) is 42.1 Å². The molecule has 1 aromatic heterocycles. The van der Waals surface area contributed by atoms with E-state index in [0.717, 1.165) is 5.52 Å². The maximum Gasteiger partial charge on any atom is 0.231 e. The van der Waals surface area contributed by atoms with Gasteiger partial charge in [-0.15, -0.1) is 0 Å². The molecule has 1 aromatic carbocycles. The first-order valence-electron chi connectivity index (χ1n) is 4.12. The summed E-state index contributed by atoms with van der Waals surface area (Å²) in [5.74, 6) is 0.334. The minimum atomic E-state index is -0.0844. The van der Waals surface area contributed by atoms with Gasteiger partial charge in [-0.1, -0.05) is 12.1 Å². The highest BCUT2D eigenvalue weighted by Gasteiger charge is 2.03. The van der Waals surface area contributed by atoms with Crippen LogP contribution in [-0.4, -0.2) is 10.5 Å². The van der Waals surface area contributed by atoms with Crippen LogP contribution in [0, 0.1) is 0 Å². The lowest BCUT2D eigenvalue weighted by Gasteiger charge is -2.02. The normalized spacial score (nSPS) is 10.4. The summed E-state index contributed by atoms with van der Waals surface area (Å²) >= 11 is 3.11. The summed E-state index contributed by atoms with van der Waals surface area (Å²) in [5.41, 5.74) is 1.05. The van der Waals surface area contributed by atoms with Crippen LogP contribution in [0.3, 0.4) is 0 Å². The molecule has 0 aliphatic carbocycles. The van der Waals surface area contributed by atoms with Gasteiger partial charge >= 0.3 is 0 Å². The molecule has 1 N–H and O–H groups in total. The molecule has 14 heavy (non-hydrogen) atoms. The Bertz CT molecular complexity index is 507. The summed E-state index contributed by atoms with van der Waals surface area (Å²) in [4.78, 5) is 14.8. The molecule has 0 aliphatic heterocycles. The van der Waals surface area contributed by atoms with E-state index < -0.39 is 0 Å². The van der Waals surface area contributed by atoms with Crippen molar-refractivity contribution in [3.63, 3.8) is 0 Å². The Hall–Kier alpha value is -1.29. The molecule has 0 amide bonds. The summed E-state index contributed by atoms with van der Waals surface area (Å²) in [6, 6.07) is 7.34. The number of fused-ring (bicyclic) bond motifs is 1. The number of aromatic nitrogens is 1. The van der Waals surface area contributed by atoms with Crippen LogP contribution >= 0.6 is 15.9 Å². The third-order valence-corrected chi connectivity index (χ3v) is 2.19. The molecule has 0 saturated heterocycles. The number of hydrogen-bond acceptors (Lipinski definition) is 2. The van der Waals surface area contributed by atoms with E-state index in [9.17, 15) is 4.79 Å². The van der Waals surface area contributed by atoms with Gasteiger partial charge in [0.1, 0.15) is 5.52 Å². The molecule has 0 spiro atoms. The number of para-hydroxylation sites is 1. The maximum absolute atomic E-state index is 11.8. The molecule has 0 fully saturated rings. The number of pyridine rings is 1. The molecule has 0 radical (unpaired) electrons. The number of hydrogen-bond donors (Lipinski definition) is 1. The summed E-state index contributed by atoms with van der Waals surface area (Å²) in [7, 11) is 0. The highest BCUT2D eigenvalue weighted by Crippen LogP contribution is 2.11. The maximum atomic E-state index is 11.8. The Balaban J connectivity index is 2.69. The molecule has 3 nitrogen and oxygen atoms in total. The third-order valence-electron chi connectivity index (χ3n) is 1.96. The Morgan fingerprint density at radius 1 is 1.36 bits per heavy atom. The number of alkyl halides is 1. The van der Waals surface area contributed by atoms with Crippen LogP contribution in [0.5, 0.6) is 5.75 Å². The van der Waals surface area contributed by atoms with Crippen LogP contribution in [0.25, 0.3) is 10.9 Å². The van der Waals surface area contributed by atoms with Crippen LogP contribution in [0.15, 0.2) is 35.3 Å². The van der Waals surface area contributed by atoms with Crippen LogP contribution in [0.4, 0.5) is 0 Å². The highest BCUT2D eigenvalue weighted by atomic mass is 79.9. The van der Waals surface area contributed by atoms with E-state index in [1.807, 2.05) is 18.2 Å². The monoisotopic (exact) mass is 253 g/mol. The third kappa shape index (κ3) is 1.53. The molecule has 1 heterocycles. The summed E-state index contributed by atoms with van der Waals surface area (Å²) in [5, 5.41) is 0.644. The van der Waals surface area contributed by atoms with E-state index in [2.05, 4.69) is 20.9 Å². The Morgan fingerprint density at radius 3 is 2.93 bits per heavy atom. The predicted molar refractivity (Wildman–Crippen MR) is 59.0 cm³/mol. The molecule has 0 unspecified atom stereocenters. The van der Waals surface area contributed by atoms with Crippen molar-refractivity contribution >= 4 is 26.8 Å². The zero-order valence-corrected chi connectivity index (χ0v) is 8.87. The van der Waals surface area contributed by atoms with Gasteiger partial charge < -0.3 is 9.72 Å². The van der Waals surface area contributed by atoms with Gasteiger partial charge in [0, 0.05) is 17.1 Å². The number of nitrogens with one attached hydrogen (secondary N) is 1. The zero-order chi connectivity index (χ0) is 9.97. The van der Waals surface area contributed by atoms with Crippen molar-refractivity contribution in [1.29, 1.82) is 0 Å². The summed E-state index contributed by atoms with van der Waals surface area (Å²) in [6.07, 6.45) is 1.58.